The highest BCUT2D eigenvalue weighted by Gasteiger charge is 2.09. The zero-order valence-corrected chi connectivity index (χ0v) is 8.41. The highest BCUT2D eigenvalue weighted by molar-refractivity contribution is 5.04. The van der Waals surface area contributed by atoms with Crippen LogP contribution in [0.5, 0.6) is 0 Å². The molecule has 0 bridgehead atoms. The predicted octanol–water partition coefficient (Wildman–Crippen LogP) is 1.79. The molecule has 0 saturated heterocycles. The fourth-order valence-electron chi connectivity index (χ4n) is 1.04. The SMILES string of the molecule is COC(C)C(C)NCc1ccoc1. The van der Waals surface area contributed by atoms with Gasteiger partial charge in [-0.25, -0.2) is 0 Å². The molecule has 0 amide bonds. The topological polar surface area (TPSA) is 34.4 Å². The monoisotopic (exact) mass is 183 g/mol. The fraction of sp³-hybridized carbons (Fsp3) is 0.600. The third-order valence-corrected chi connectivity index (χ3v) is 2.28. The lowest BCUT2D eigenvalue weighted by molar-refractivity contribution is 0.0882. The third kappa shape index (κ3) is 3.20. The van der Waals surface area contributed by atoms with Crippen molar-refractivity contribution in [3.05, 3.63) is 24.2 Å². The van der Waals surface area contributed by atoms with E-state index in [1.165, 1.54) is 0 Å². The van der Waals surface area contributed by atoms with E-state index < -0.39 is 0 Å². The molecule has 0 fully saturated rings. The Balaban J connectivity index is 2.26. The molecule has 3 heteroatoms. The highest BCUT2D eigenvalue weighted by Crippen LogP contribution is 2.01. The Hall–Kier alpha value is -0.800. The first-order chi connectivity index (χ1) is 6.24. The number of hydrogen-bond donors (Lipinski definition) is 1. The van der Waals surface area contributed by atoms with Crippen molar-refractivity contribution in [3.8, 4) is 0 Å². The van der Waals surface area contributed by atoms with Crippen molar-refractivity contribution >= 4 is 0 Å². The Labute approximate surface area is 79.1 Å². The molecule has 0 radical (unpaired) electrons. The minimum absolute atomic E-state index is 0.229. The van der Waals surface area contributed by atoms with E-state index in [1.54, 1.807) is 19.6 Å². The van der Waals surface area contributed by atoms with Crippen LogP contribution in [0.2, 0.25) is 0 Å². The van der Waals surface area contributed by atoms with Crippen LogP contribution in [-0.4, -0.2) is 19.3 Å². The molecule has 1 aromatic heterocycles. The Morgan fingerprint density at radius 1 is 1.54 bits per heavy atom. The van der Waals surface area contributed by atoms with Gasteiger partial charge in [-0.2, -0.15) is 0 Å². The van der Waals surface area contributed by atoms with E-state index in [-0.39, 0.29) is 6.10 Å². The molecule has 0 aromatic carbocycles. The number of ether oxygens (including phenoxy) is 1. The maximum absolute atomic E-state index is 5.20. The van der Waals surface area contributed by atoms with E-state index in [4.69, 9.17) is 9.15 Å². The van der Waals surface area contributed by atoms with Crippen LogP contribution < -0.4 is 5.32 Å². The molecule has 3 nitrogen and oxygen atoms in total. The molecular weight excluding hydrogens is 166 g/mol. The zero-order chi connectivity index (χ0) is 9.68. The predicted molar refractivity (Wildman–Crippen MR) is 51.5 cm³/mol. The van der Waals surface area contributed by atoms with Crippen molar-refractivity contribution in [1.82, 2.24) is 5.32 Å². The van der Waals surface area contributed by atoms with Crippen molar-refractivity contribution in [2.24, 2.45) is 0 Å². The zero-order valence-electron chi connectivity index (χ0n) is 8.41. The van der Waals surface area contributed by atoms with Crippen LogP contribution in [0.25, 0.3) is 0 Å². The summed E-state index contributed by atoms with van der Waals surface area (Å²) in [6, 6.07) is 2.30. The Morgan fingerprint density at radius 2 is 2.31 bits per heavy atom. The van der Waals surface area contributed by atoms with Crippen molar-refractivity contribution in [1.29, 1.82) is 0 Å². The number of furan rings is 1. The molecule has 0 spiro atoms. The van der Waals surface area contributed by atoms with E-state index in [0.29, 0.717) is 6.04 Å². The molecule has 0 aliphatic rings. The molecule has 0 aliphatic carbocycles. The second kappa shape index (κ2) is 5.04. The van der Waals surface area contributed by atoms with Crippen molar-refractivity contribution in [2.45, 2.75) is 32.5 Å². The molecule has 1 N–H and O–H groups in total. The third-order valence-electron chi connectivity index (χ3n) is 2.28. The molecule has 74 valence electrons. The van der Waals surface area contributed by atoms with E-state index >= 15 is 0 Å². The molecular formula is C10H17NO2. The van der Waals surface area contributed by atoms with Gasteiger partial charge in [-0.1, -0.05) is 0 Å². The summed E-state index contributed by atoms with van der Waals surface area (Å²) in [4.78, 5) is 0. The van der Waals surface area contributed by atoms with Gasteiger partial charge in [0.05, 0.1) is 18.6 Å². The summed E-state index contributed by atoms with van der Waals surface area (Å²) >= 11 is 0. The first kappa shape index (κ1) is 10.3. The molecule has 0 saturated carbocycles. The molecule has 2 unspecified atom stereocenters. The summed E-state index contributed by atoms with van der Waals surface area (Å²) in [6.45, 7) is 4.98. The van der Waals surface area contributed by atoms with E-state index in [9.17, 15) is 0 Å². The maximum atomic E-state index is 5.20. The van der Waals surface area contributed by atoms with Crippen LogP contribution in [0.3, 0.4) is 0 Å². The summed E-state index contributed by atoms with van der Waals surface area (Å²) < 4.78 is 10.2. The molecule has 2 atom stereocenters. The lowest BCUT2D eigenvalue weighted by Gasteiger charge is -2.19. The van der Waals surface area contributed by atoms with E-state index in [2.05, 4.69) is 12.2 Å². The number of nitrogens with one attached hydrogen (secondary N) is 1. The molecule has 13 heavy (non-hydrogen) atoms. The van der Waals surface area contributed by atoms with Crippen LogP contribution in [0.1, 0.15) is 19.4 Å². The summed E-state index contributed by atoms with van der Waals surface area (Å²) in [5, 5.41) is 3.35. The lowest BCUT2D eigenvalue weighted by Crippen LogP contribution is -2.36. The van der Waals surface area contributed by atoms with Crippen LogP contribution in [0.15, 0.2) is 23.0 Å². The van der Waals surface area contributed by atoms with Crippen LogP contribution in [0, 0.1) is 0 Å². The molecule has 1 rings (SSSR count). The van der Waals surface area contributed by atoms with Crippen molar-refractivity contribution < 1.29 is 9.15 Å². The summed E-state index contributed by atoms with van der Waals surface area (Å²) in [5.74, 6) is 0. The van der Waals surface area contributed by atoms with Gasteiger partial charge in [-0.05, 0) is 19.9 Å². The summed E-state index contributed by atoms with van der Waals surface area (Å²) in [6.07, 6.45) is 3.66. The minimum atomic E-state index is 0.229. The minimum Gasteiger partial charge on any atom is -0.472 e. The summed E-state index contributed by atoms with van der Waals surface area (Å²) in [7, 11) is 1.72. The van der Waals surface area contributed by atoms with Crippen LogP contribution in [0.4, 0.5) is 0 Å². The average molecular weight is 183 g/mol. The van der Waals surface area contributed by atoms with Gasteiger partial charge in [0, 0.05) is 25.3 Å². The quantitative estimate of drug-likeness (QED) is 0.755. The molecule has 0 aliphatic heterocycles. The first-order valence-corrected chi connectivity index (χ1v) is 4.51. The van der Waals surface area contributed by atoms with Crippen LogP contribution >= 0.6 is 0 Å². The van der Waals surface area contributed by atoms with Gasteiger partial charge < -0.3 is 14.5 Å². The van der Waals surface area contributed by atoms with Gasteiger partial charge in [0.1, 0.15) is 0 Å². The maximum Gasteiger partial charge on any atom is 0.0947 e. The number of rotatable bonds is 5. The largest absolute Gasteiger partial charge is 0.472 e. The van der Waals surface area contributed by atoms with Gasteiger partial charge in [0.15, 0.2) is 0 Å². The Morgan fingerprint density at radius 3 is 2.85 bits per heavy atom. The second-order valence-corrected chi connectivity index (χ2v) is 3.24. The number of methoxy groups -OCH3 is 1. The van der Waals surface area contributed by atoms with Crippen molar-refractivity contribution in [3.63, 3.8) is 0 Å². The summed E-state index contributed by atoms with van der Waals surface area (Å²) in [5.41, 5.74) is 1.16. The van der Waals surface area contributed by atoms with E-state index in [0.717, 1.165) is 12.1 Å². The lowest BCUT2D eigenvalue weighted by atomic mass is 10.2. The molecule has 1 heterocycles. The number of hydrogen-bond acceptors (Lipinski definition) is 3. The Bertz CT molecular complexity index is 221. The normalized spacial score (nSPS) is 15.6. The van der Waals surface area contributed by atoms with Gasteiger partial charge in [0.2, 0.25) is 0 Å². The van der Waals surface area contributed by atoms with Gasteiger partial charge in [0.25, 0.3) is 0 Å². The second-order valence-electron chi connectivity index (χ2n) is 3.24. The average Bonchev–Trinajstić information content (AvgIpc) is 2.65. The standard InChI is InChI=1S/C10H17NO2/c1-8(9(2)12-3)11-6-10-4-5-13-7-10/h4-5,7-9,11H,6H2,1-3H3. The first-order valence-electron chi connectivity index (χ1n) is 4.51. The van der Waals surface area contributed by atoms with E-state index in [1.807, 2.05) is 13.0 Å². The van der Waals surface area contributed by atoms with Crippen LogP contribution in [-0.2, 0) is 11.3 Å². The van der Waals surface area contributed by atoms with Gasteiger partial charge in [-0.15, -0.1) is 0 Å². The highest BCUT2D eigenvalue weighted by atomic mass is 16.5. The van der Waals surface area contributed by atoms with Gasteiger partial charge in [-0.3, -0.25) is 0 Å². The fourth-order valence-corrected chi connectivity index (χ4v) is 1.04. The van der Waals surface area contributed by atoms with Gasteiger partial charge >= 0.3 is 0 Å². The van der Waals surface area contributed by atoms with Crippen molar-refractivity contribution in [2.75, 3.05) is 7.11 Å². The smallest absolute Gasteiger partial charge is 0.0947 e. The Kier molecular flexibility index (Phi) is 3.99. The molecule has 1 aromatic rings.